The molecular formula is C13H21N3O. The van der Waals surface area contributed by atoms with E-state index in [2.05, 4.69) is 35.6 Å². The normalized spacial score (nSPS) is 20.9. The Morgan fingerprint density at radius 3 is 2.82 bits per heavy atom. The van der Waals surface area contributed by atoms with Crippen LogP contribution in [0.5, 0.6) is 0 Å². The average Bonchev–Trinajstić information content (AvgIpc) is 2.63. The predicted octanol–water partition coefficient (Wildman–Crippen LogP) is 2.18. The minimum atomic E-state index is -0.0672. The molecule has 2 heterocycles. The van der Waals surface area contributed by atoms with Crippen LogP contribution in [0.15, 0.2) is 12.3 Å². The Balaban J connectivity index is 1.98. The summed E-state index contributed by atoms with van der Waals surface area (Å²) in [6.07, 6.45) is 3.20. The third-order valence-corrected chi connectivity index (χ3v) is 2.75. The maximum atomic E-state index is 6.00. The van der Waals surface area contributed by atoms with Crippen molar-refractivity contribution in [3.63, 3.8) is 0 Å². The van der Waals surface area contributed by atoms with Crippen molar-refractivity contribution < 1.29 is 4.74 Å². The molecule has 1 saturated heterocycles. The van der Waals surface area contributed by atoms with Gasteiger partial charge < -0.3 is 9.64 Å². The first-order valence-corrected chi connectivity index (χ1v) is 6.16. The van der Waals surface area contributed by atoms with Crippen molar-refractivity contribution in [3.05, 3.63) is 18.1 Å². The fourth-order valence-electron chi connectivity index (χ4n) is 2.15. The molecule has 1 aliphatic rings. The Kier molecular flexibility index (Phi) is 3.33. The average molecular weight is 235 g/mol. The van der Waals surface area contributed by atoms with E-state index < -0.39 is 0 Å². The zero-order valence-electron chi connectivity index (χ0n) is 11.1. The molecule has 0 spiro atoms. The minimum Gasteiger partial charge on any atom is -0.371 e. The van der Waals surface area contributed by atoms with Crippen molar-refractivity contribution in [1.29, 1.82) is 0 Å². The highest BCUT2D eigenvalue weighted by molar-refractivity contribution is 5.38. The second kappa shape index (κ2) is 4.61. The number of nitrogens with zero attached hydrogens (tertiary/aromatic N) is 3. The van der Waals surface area contributed by atoms with Crippen molar-refractivity contribution in [1.82, 2.24) is 9.97 Å². The number of hydrogen-bond donors (Lipinski definition) is 0. The van der Waals surface area contributed by atoms with Gasteiger partial charge in [0.05, 0.1) is 11.7 Å². The lowest BCUT2D eigenvalue weighted by Crippen LogP contribution is -2.30. The van der Waals surface area contributed by atoms with Crippen LogP contribution in [0.3, 0.4) is 0 Å². The number of aromatic nitrogens is 2. The van der Waals surface area contributed by atoms with Crippen molar-refractivity contribution in [3.8, 4) is 0 Å². The third-order valence-electron chi connectivity index (χ3n) is 2.75. The van der Waals surface area contributed by atoms with Gasteiger partial charge in [0.25, 0.3) is 0 Å². The van der Waals surface area contributed by atoms with E-state index in [1.807, 2.05) is 19.2 Å². The van der Waals surface area contributed by atoms with Gasteiger partial charge in [-0.3, -0.25) is 0 Å². The molecule has 1 aromatic heterocycles. The molecule has 0 bridgehead atoms. The van der Waals surface area contributed by atoms with E-state index in [0.717, 1.165) is 31.2 Å². The van der Waals surface area contributed by atoms with E-state index in [0.29, 0.717) is 6.10 Å². The highest BCUT2D eigenvalue weighted by atomic mass is 16.5. The van der Waals surface area contributed by atoms with Crippen LogP contribution >= 0.6 is 0 Å². The first kappa shape index (κ1) is 12.3. The Morgan fingerprint density at radius 2 is 2.18 bits per heavy atom. The molecule has 2 rings (SSSR count). The molecule has 1 atom stereocenters. The number of aryl methyl sites for hydroxylation is 1. The Bertz CT molecular complexity index is 386. The predicted molar refractivity (Wildman–Crippen MR) is 68.2 cm³/mol. The van der Waals surface area contributed by atoms with Crippen molar-refractivity contribution in [2.24, 2.45) is 0 Å². The SMILES string of the molecule is Cc1nccc(N2CC[C@@H](OC(C)(C)C)C2)n1. The summed E-state index contributed by atoms with van der Waals surface area (Å²) in [5.41, 5.74) is -0.0672. The van der Waals surface area contributed by atoms with Gasteiger partial charge in [-0.2, -0.15) is 0 Å². The molecule has 0 aromatic carbocycles. The van der Waals surface area contributed by atoms with Crippen LogP contribution in [-0.2, 0) is 4.74 Å². The molecule has 1 fully saturated rings. The van der Waals surface area contributed by atoms with Gasteiger partial charge in [0, 0.05) is 19.3 Å². The van der Waals surface area contributed by atoms with E-state index in [9.17, 15) is 0 Å². The molecule has 94 valence electrons. The monoisotopic (exact) mass is 235 g/mol. The maximum absolute atomic E-state index is 6.00. The molecule has 0 radical (unpaired) electrons. The Hall–Kier alpha value is -1.16. The molecule has 17 heavy (non-hydrogen) atoms. The lowest BCUT2D eigenvalue weighted by Gasteiger charge is -2.25. The Morgan fingerprint density at radius 1 is 1.41 bits per heavy atom. The van der Waals surface area contributed by atoms with Crippen LogP contribution in [0.1, 0.15) is 33.0 Å². The number of hydrogen-bond acceptors (Lipinski definition) is 4. The number of rotatable bonds is 2. The molecule has 0 aliphatic carbocycles. The van der Waals surface area contributed by atoms with E-state index >= 15 is 0 Å². The second-order valence-corrected chi connectivity index (χ2v) is 5.55. The standard InChI is InChI=1S/C13H21N3O/c1-10-14-7-5-12(15-10)16-8-6-11(9-16)17-13(2,3)4/h5,7,11H,6,8-9H2,1-4H3/t11-/m1/s1. The molecule has 4 heteroatoms. The molecule has 0 N–H and O–H groups in total. The van der Waals surface area contributed by atoms with Gasteiger partial charge in [-0.05, 0) is 40.2 Å². The number of anilines is 1. The van der Waals surface area contributed by atoms with Gasteiger partial charge in [0.2, 0.25) is 0 Å². The second-order valence-electron chi connectivity index (χ2n) is 5.55. The largest absolute Gasteiger partial charge is 0.371 e. The highest BCUT2D eigenvalue weighted by Crippen LogP contribution is 2.23. The first-order valence-electron chi connectivity index (χ1n) is 6.16. The summed E-state index contributed by atoms with van der Waals surface area (Å²) < 4.78 is 6.00. The fraction of sp³-hybridized carbons (Fsp3) is 0.692. The summed E-state index contributed by atoms with van der Waals surface area (Å²) in [7, 11) is 0. The first-order chi connectivity index (χ1) is 7.94. The topological polar surface area (TPSA) is 38.2 Å². The van der Waals surface area contributed by atoms with Crippen molar-refractivity contribution in [2.45, 2.75) is 45.8 Å². The van der Waals surface area contributed by atoms with Gasteiger partial charge in [0.15, 0.2) is 0 Å². The molecule has 4 nitrogen and oxygen atoms in total. The maximum Gasteiger partial charge on any atom is 0.132 e. The van der Waals surface area contributed by atoms with Gasteiger partial charge in [0.1, 0.15) is 11.6 Å². The third kappa shape index (κ3) is 3.40. The molecule has 0 saturated carbocycles. The van der Waals surface area contributed by atoms with E-state index in [1.165, 1.54) is 0 Å². The number of ether oxygens (including phenoxy) is 1. The quantitative estimate of drug-likeness (QED) is 0.787. The van der Waals surface area contributed by atoms with Crippen LogP contribution in [0.2, 0.25) is 0 Å². The van der Waals surface area contributed by atoms with Crippen LogP contribution in [0, 0.1) is 6.92 Å². The molecule has 0 amide bonds. The van der Waals surface area contributed by atoms with Crippen molar-refractivity contribution in [2.75, 3.05) is 18.0 Å². The summed E-state index contributed by atoms with van der Waals surface area (Å²) in [6.45, 7) is 10.2. The van der Waals surface area contributed by atoms with Crippen molar-refractivity contribution >= 4 is 5.82 Å². The summed E-state index contributed by atoms with van der Waals surface area (Å²) in [5.74, 6) is 1.83. The van der Waals surface area contributed by atoms with E-state index in [1.54, 1.807) is 0 Å². The van der Waals surface area contributed by atoms with Gasteiger partial charge in [-0.15, -0.1) is 0 Å². The van der Waals surface area contributed by atoms with Crippen LogP contribution < -0.4 is 4.90 Å². The van der Waals surface area contributed by atoms with E-state index in [-0.39, 0.29) is 5.60 Å². The van der Waals surface area contributed by atoms with Crippen LogP contribution in [0.25, 0.3) is 0 Å². The molecule has 1 aromatic rings. The smallest absolute Gasteiger partial charge is 0.132 e. The summed E-state index contributed by atoms with van der Waals surface area (Å²) in [5, 5.41) is 0. The summed E-state index contributed by atoms with van der Waals surface area (Å²) in [4.78, 5) is 10.8. The van der Waals surface area contributed by atoms with Gasteiger partial charge >= 0.3 is 0 Å². The van der Waals surface area contributed by atoms with E-state index in [4.69, 9.17) is 4.74 Å². The summed E-state index contributed by atoms with van der Waals surface area (Å²) >= 11 is 0. The van der Waals surface area contributed by atoms with Crippen LogP contribution in [0.4, 0.5) is 5.82 Å². The zero-order valence-corrected chi connectivity index (χ0v) is 11.1. The molecular weight excluding hydrogens is 214 g/mol. The highest BCUT2D eigenvalue weighted by Gasteiger charge is 2.27. The molecule has 1 aliphatic heterocycles. The Labute approximate surface area is 103 Å². The van der Waals surface area contributed by atoms with Gasteiger partial charge in [-0.25, -0.2) is 9.97 Å². The van der Waals surface area contributed by atoms with Crippen LogP contribution in [-0.4, -0.2) is 34.8 Å². The zero-order chi connectivity index (χ0) is 12.5. The summed E-state index contributed by atoms with van der Waals surface area (Å²) in [6, 6.07) is 1.96. The molecule has 0 unspecified atom stereocenters. The minimum absolute atomic E-state index is 0.0672. The lowest BCUT2D eigenvalue weighted by molar-refractivity contribution is -0.0492. The van der Waals surface area contributed by atoms with Gasteiger partial charge in [-0.1, -0.05) is 0 Å². The lowest BCUT2D eigenvalue weighted by atomic mass is 10.2. The fourth-order valence-corrected chi connectivity index (χ4v) is 2.15.